The van der Waals surface area contributed by atoms with Gasteiger partial charge in [-0.15, -0.1) is 0 Å². The van der Waals surface area contributed by atoms with Gasteiger partial charge in [0.15, 0.2) is 0 Å². The summed E-state index contributed by atoms with van der Waals surface area (Å²) in [5.41, 5.74) is 0.977. The number of hydrogen-bond acceptors (Lipinski definition) is 1. The molecule has 0 amide bonds. The van der Waals surface area contributed by atoms with Crippen LogP contribution in [-0.2, 0) is 6.04 Å². The van der Waals surface area contributed by atoms with E-state index in [1.54, 1.807) is 0 Å². The van der Waals surface area contributed by atoms with Crippen LogP contribution in [0.2, 0.25) is 0 Å². The van der Waals surface area contributed by atoms with Crippen LogP contribution in [0.1, 0.15) is 47.1 Å². The number of phenols is 1. The van der Waals surface area contributed by atoms with Crippen LogP contribution in [0.4, 0.5) is 0 Å². The average Bonchev–Trinajstić information content (AvgIpc) is 2.17. The lowest BCUT2D eigenvalue weighted by molar-refractivity contribution is 0.474. The van der Waals surface area contributed by atoms with Crippen LogP contribution in [0.15, 0.2) is 18.2 Å². The summed E-state index contributed by atoms with van der Waals surface area (Å²) in [6.07, 6.45) is 0. The van der Waals surface area contributed by atoms with Crippen molar-refractivity contribution in [3.05, 3.63) is 23.8 Å². The van der Waals surface area contributed by atoms with Crippen molar-refractivity contribution in [3.8, 4) is 5.75 Å². The molecule has 0 aliphatic heterocycles. The molecule has 0 heterocycles. The van der Waals surface area contributed by atoms with Gasteiger partial charge in [0.2, 0.25) is 0 Å². The lowest BCUT2D eigenvalue weighted by atomic mass is 10.2. The van der Waals surface area contributed by atoms with Crippen LogP contribution in [0.25, 0.3) is 0 Å². The fourth-order valence-corrected chi connectivity index (χ4v) is 6.96. The largest absolute Gasteiger partial charge is 0.507 e. The predicted octanol–water partition coefficient (Wildman–Crippen LogP) is 3.76. The minimum Gasteiger partial charge on any atom is -0.507 e. The lowest BCUT2D eigenvalue weighted by Crippen LogP contribution is -2.31. The van der Waals surface area contributed by atoms with Crippen molar-refractivity contribution < 1.29 is 5.11 Å². The van der Waals surface area contributed by atoms with Crippen LogP contribution in [0.3, 0.4) is 0 Å². The fourth-order valence-electron chi connectivity index (χ4n) is 2.63. The summed E-state index contributed by atoms with van der Waals surface area (Å²) in [5, 5.41) is 11.9. The van der Waals surface area contributed by atoms with Gasteiger partial charge in [0.1, 0.15) is 5.75 Å². The average molecular weight is 279 g/mol. The quantitative estimate of drug-likeness (QED) is 0.645. The molecule has 0 bridgehead atoms. The number of para-hydroxylation sites is 1. The van der Waals surface area contributed by atoms with E-state index in [1.807, 2.05) is 6.07 Å². The molecule has 18 heavy (non-hydrogen) atoms. The van der Waals surface area contributed by atoms with Gasteiger partial charge in [-0.25, -0.2) is 0 Å². The number of hydrogen-bond donors (Lipinski definition) is 1. The number of phenolic OH excluding ortho intramolecular Hbond substituents is 1. The second-order valence-electron chi connectivity index (χ2n) is 6.64. The van der Waals surface area contributed by atoms with Crippen LogP contribution in [-0.4, -0.2) is 25.7 Å². The first kappa shape index (κ1) is 15.7. The maximum Gasteiger partial charge on any atom is 0.126 e. The Morgan fingerprint density at radius 3 is 1.94 bits per heavy atom. The molecule has 1 nitrogen and oxygen atoms in total. The van der Waals surface area contributed by atoms with E-state index in [4.69, 9.17) is 0 Å². The molecule has 0 aliphatic carbocycles. The second kappa shape index (κ2) is 5.34. The zero-order valence-corrected chi connectivity index (χ0v) is 14.2. The van der Waals surface area contributed by atoms with E-state index >= 15 is 0 Å². The van der Waals surface area contributed by atoms with Gasteiger partial charge in [-0.05, 0) is 21.9 Å². The summed E-state index contributed by atoms with van der Waals surface area (Å²) in [6.45, 7) is 13.6. The van der Waals surface area contributed by atoms with E-state index < -0.39 is 7.92 Å². The molecular weight excluding hydrogens is 255 g/mol. The zero-order chi connectivity index (χ0) is 14.1. The van der Waals surface area contributed by atoms with E-state index in [0.29, 0.717) is 11.8 Å². The monoisotopic (exact) mass is 279 g/mol. The maximum absolute atomic E-state index is 10.5. The fraction of sp³-hybridized carbons (Fsp3) is 0.600. The molecule has 3 radical (unpaired) electrons. The van der Waals surface area contributed by atoms with Gasteiger partial charge in [0.05, 0.1) is 0 Å². The molecule has 1 N–H and O–H groups in total. The van der Waals surface area contributed by atoms with Crippen molar-refractivity contribution in [1.29, 1.82) is 0 Å². The summed E-state index contributed by atoms with van der Waals surface area (Å²) >= 11 is 0. The molecule has 0 aromatic heterocycles. The Bertz CT molecular complexity index is 401. The molecule has 0 spiro atoms. The topological polar surface area (TPSA) is 20.2 Å². The molecular formula is C15H24OPSi. The van der Waals surface area contributed by atoms with Crippen molar-refractivity contribution in [3.63, 3.8) is 0 Å². The molecule has 1 aromatic carbocycles. The Kier molecular flexibility index (Phi) is 4.67. The molecule has 0 fully saturated rings. The normalized spacial score (nSPS) is 13.1. The Balaban J connectivity index is 3.40. The molecule has 1 aromatic rings. The number of benzene rings is 1. The van der Waals surface area contributed by atoms with Crippen molar-refractivity contribution >= 4 is 23.5 Å². The molecule has 0 unspecified atom stereocenters. The van der Waals surface area contributed by atoms with E-state index in [9.17, 15) is 5.11 Å². The molecule has 0 atom stereocenters. The van der Waals surface area contributed by atoms with E-state index in [0.717, 1.165) is 10.9 Å². The highest BCUT2D eigenvalue weighted by Gasteiger charge is 2.37. The molecule has 1 rings (SSSR count). The van der Waals surface area contributed by atoms with Gasteiger partial charge in [0.25, 0.3) is 0 Å². The molecule has 0 aliphatic rings. The predicted molar refractivity (Wildman–Crippen MR) is 83.6 cm³/mol. The SMILES string of the molecule is CC(C)(C)P(c1cccc(C[Si])c1O)C(C)(C)C. The van der Waals surface area contributed by atoms with Gasteiger partial charge in [-0.3, -0.25) is 0 Å². The van der Waals surface area contributed by atoms with E-state index in [-0.39, 0.29) is 10.3 Å². The molecule has 99 valence electrons. The number of aromatic hydroxyl groups is 1. The minimum absolute atomic E-state index is 0.176. The maximum atomic E-state index is 10.5. The molecule has 0 saturated carbocycles. The summed E-state index contributed by atoms with van der Waals surface area (Å²) in [4.78, 5) is 0. The van der Waals surface area contributed by atoms with Crippen molar-refractivity contribution in [1.82, 2.24) is 0 Å². The summed E-state index contributed by atoms with van der Waals surface area (Å²) < 4.78 is 0. The van der Waals surface area contributed by atoms with Crippen LogP contribution in [0.5, 0.6) is 5.75 Å². The first-order valence-electron chi connectivity index (χ1n) is 6.35. The van der Waals surface area contributed by atoms with Crippen LogP contribution >= 0.6 is 7.92 Å². The van der Waals surface area contributed by atoms with Gasteiger partial charge in [-0.2, -0.15) is 0 Å². The Morgan fingerprint density at radius 2 is 1.56 bits per heavy atom. The third-order valence-electron chi connectivity index (χ3n) is 2.87. The third-order valence-corrected chi connectivity index (χ3v) is 6.78. The highest BCUT2D eigenvalue weighted by molar-refractivity contribution is 7.68. The van der Waals surface area contributed by atoms with Gasteiger partial charge >= 0.3 is 0 Å². The summed E-state index contributed by atoms with van der Waals surface area (Å²) in [7, 11) is 3.04. The Labute approximate surface area is 116 Å². The van der Waals surface area contributed by atoms with E-state index in [2.05, 4.69) is 63.9 Å². The highest BCUT2D eigenvalue weighted by Crippen LogP contribution is 2.59. The van der Waals surface area contributed by atoms with Crippen LogP contribution in [0, 0.1) is 0 Å². The molecule has 3 heteroatoms. The first-order chi connectivity index (χ1) is 8.09. The Hall–Kier alpha value is -0.333. The smallest absolute Gasteiger partial charge is 0.126 e. The zero-order valence-electron chi connectivity index (χ0n) is 12.3. The third kappa shape index (κ3) is 3.36. The first-order valence-corrected chi connectivity index (χ1v) is 8.39. The minimum atomic E-state index is -0.452. The van der Waals surface area contributed by atoms with Crippen molar-refractivity contribution in [2.45, 2.75) is 57.9 Å². The van der Waals surface area contributed by atoms with Crippen molar-refractivity contribution in [2.24, 2.45) is 0 Å². The van der Waals surface area contributed by atoms with Gasteiger partial charge in [-0.1, -0.05) is 67.7 Å². The van der Waals surface area contributed by atoms with Crippen molar-refractivity contribution in [2.75, 3.05) is 0 Å². The van der Waals surface area contributed by atoms with E-state index in [1.165, 1.54) is 0 Å². The van der Waals surface area contributed by atoms with Crippen LogP contribution < -0.4 is 5.30 Å². The Morgan fingerprint density at radius 1 is 1.06 bits per heavy atom. The lowest BCUT2D eigenvalue weighted by Gasteiger charge is -2.42. The number of rotatable bonds is 2. The second-order valence-corrected chi connectivity index (χ2v) is 10.8. The molecule has 0 saturated heterocycles. The summed E-state index contributed by atoms with van der Waals surface area (Å²) in [5.74, 6) is 0.475. The summed E-state index contributed by atoms with van der Waals surface area (Å²) in [6, 6.07) is 6.81. The standard InChI is InChI=1S/C15H24OPSi/c1-14(2,3)17(15(4,5)6)12-9-7-8-11(10-18)13(12)16/h7-9,16H,10H2,1-6H3. The van der Waals surface area contributed by atoms with Gasteiger partial charge in [0, 0.05) is 15.5 Å². The highest BCUT2D eigenvalue weighted by atomic mass is 31.1. The van der Waals surface area contributed by atoms with Gasteiger partial charge < -0.3 is 5.11 Å².